The monoisotopic (exact) mass is 195 g/mol. The Morgan fingerprint density at radius 3 is 3.23 bits per heavy atom. The van der Waals surface area contributed by atoms with E-state index >= 15 is 0 Å². The van der Waals surface area contributed by atoms with E-state index in [-0.39, 0.29) is 0 Å². The van der Waals surface area contributed by atoms with Gasteiger partial charge in [-0.05, 0) is 18.5 Å². The van der Waals surface area contributed by atoms with Crippen LogP contribution in [0, 0.1) is 0 Å². The number of hydrogen-bond acceptors (Lipinski definition) is 5. The summed E-state index contributed by atoms with van der Waals surface area (Å²) in [5.41, 5.74) is 1.01. The molecule has 0 aliphatic heterocycles. The Hall–Kier alpha value is -1.20. The predicted octanol–water partition coefficient (Wildman–Crippen LogP) is 1.52. The van der Waals surface area contributed by atoms with Crippen LogP contribution in [0.1, 0.15) is 5.89 Å². The largest absolute Gasteiger partial charge is 0.338 e. The van der Waals surface area contributed by atoms with E-state index in [1.165, 1.54) is 0 Å². The van der Waals surface area contributed by atoms with Gasteiger partial charge in [0.1, 0.15) is 0 Å². The maximum atomic E-state index is 5.01. The normalized spacial score (nSPS) is 10.5. The minimum Gasteiger partial charge on any atom is -0.338 e. The SMILES string of the molecule is CNCc1nc(-c2ccsc2)no1. The van der Waals surface area contributed by atoms with Crippen LogP contribution in [0.25, 0.3) is 11.4 Å². The summed E-state index contributed by atoms with van der Waals surface area (Å²) in [6, 6.07) is 1.97. The van der Waals surface area contributed by atoms with Crippen molar-refractivity contribution in [3.8, 4) is 11.4 Å². The second kappa shape index (κ2) is 3.68. The molecule has 68 valence electrons. The van der Waals surface area contributed by atoms with Gasteiger partial charge in [-0.25, -0.2) is 0 Å². The maximum Gasteiger partial charge on any atom is 0.240 e. The zero-order valence-electron chi connectivity index (χ0n) is 7.15. The van der Waals surface area contributed by atoms with Crippen LogP contribution in [-0.2, 0) is 6.54 Å². The van der Waals surface area contributed by atoms with Gasteiger partial charge in [0.2, 0.25) is 11.7 Å². The Kier molecular flexibility index (Phi) is 2.37. The first-order chi connectivity index (χ1) is 6.40. The van der Waals surface area contributed by atoms with Crippen LogP contribution in [0.15, 0.2) is 21.3 Å². The highest BCUT2D eigenvalue weighted by Gasteiger charge is 2.07. The molecular formula is C8H9N3OS. The molecule has 0 aliphatic carbocycles. The van der Waals surface area contributed by atoms with Gasteiger partial charge in [0, 0.05) is 10.9 Å². The molecule has 0 spiro atoms. The highest BCUT2D eigenvalue weighted by Crippen LogP contribution is 2.18. The second-order valence-electron chi connectivity index (χ2n) is 2.55. The summed E-state index contributed by atoms with van der Waals surface area (Å²) in [5, 5.41) is 10.8. The third-order valence-electron chi connectivity index (χ3n) is 1.58. The second-order valence-corrected chi connectivity index (χ2v) is 3.33. The summed E-state index contributed by atoms with van der Waals surface area (Å²) in [6.45, 7) is 0.608. The lowest BCUT2D eigenvalue weighted by Crippen LogP contribution is -2.04. The molecule has 0 saturated heterocycles. The molecule has 2 aromatic heterocycles. The molecule has 0 saturated carbocycles. The first-order valence-corrected chi connectivity index (χ1v) is 4.84. The zero-order valence-corrected chi connectivity index (χ0v) is 7.97. The molecule has 2 rings (SSSR count). The van der Waals surface area contributed by atoms with Crippen molar-refractivity contribution in [3.63, 3.8) is 0 Å². The van der Waals surface area contributed by atoms with Crippen molar-refractivity contribution in [2.75, 3.05) is 7.05 Å². The van der Waals surface area contributed by atoms with E-state index in [0.717, 1.165) is 5.56 Å². The first kappa shape index (κ1) is 8.40. The highest BCUT2D eigenvalue weighted by molar-refractivity contribution is 7.08. The van der Waals surface area contributed by atoms with E-state index in [9.17, 15) is 0 Å². The van der Waals surface area contributed by atoms with Gasteiger partial charge in [-0.2, -0.15) is 16.3 Å². The molecule has 0 fully saturated rings. The molecule has 13 heavy (non-hydrogen) atoms. The molecule has 1 N–H and O–H groups in total. The maximum absolute atomic E-state index is 5.01. The van der Waals surface area contributed by atoms with Gasteiger partial charge in [-0.3, -0.25) is 0 Å². The van der Waals surface area contributed by atoms with Crippen molar-refractivity contribution in [2.24, 2.45) is 0 Å². The van der Waals surface area contributed by atoms with Crippen molar-refractivity contribution < 1.29 is 4.52 Å². The van der Waals surface area contributed by atoms with Crippen LogP contribution in [0.3, 0.4) is 0 Å². The van der Waals surface area contributed by atoms with E-state index in [0.29, 0.717) is 18.3 Å². The lowest BCUT2D eigenvalue weighted by molar-refractivity contribution is 0.372. The molecule has 0 amide bonds. The van der Waals surface area contributed by atoms with Crippen molar-refractivity contribution in [1.29, 1.82) is 0 Å². The van der Waals surface area contributed by atoms with E-state index < -0.39 is 0 Å². The number of nitrogens with zero attached hydrogens (tertiary/aromatic N) is 2. The quantitative estimate of drug-likeness (QED) is 0.806. The standard InChI is InChI=1S/C8H9N3OS/c1-9-4-7-10-8(11-12-7)6-2-3-13-5-6/h2-3,5,9H,4H2,1H3. The van der Waals surface area contributed by atoms with Crippen LogP contribution in [0.2, 0.25) is 0 Å². The molecule has 0 aliphatic rings. The highest BCUT2D eigenvalue weighted by atomic mass is 32.1. The van der Waals surface area contributed by atoms with Crippen LogP contribution in [0.5, 0.6) is 0 Å². The van der Waals surface area contributed by atoms with E-state index in [1.54, 1.807) is 11.3 Å². The Labute approximate surface area is 79.6 Å². The smallest absolute Gasteiger partial charge is 0.240 e. The Bertz CT molecular complexity index is 368. The van der Waals surface area contributed by atoms with Gasteiger partial charge in [0.25, 0.3) is 0 Å². The molecule has 2 aromatic rings. The zero-order chi connectivity index (χ0) is 9.10. The Balaban J connectivity index is 2.23. The summed E-state index contributed by atoms with van der Waals surface area (Å²) in [6.07, 6.45) is 0. The molecule has 5 heteroatoms. The van der Waals surface area contributed by atoms with Crippen LogP contribution in [0.4, 0.5) is 0 Å². The fourth-order valence-corrected chi connectivity index (χ4v) is 1.62. The molecule has 0 aromatic carbocycles. The lowest BCUT2D eigenvalue weighted by Gasteiger charge is -1.86. The van der Waals surface area contributed by atoms with Gasteiger partial charge < -0.3 is 9.84 Å². The molecule has 4 nitrogen and oxygen atoms in total. The van der Waals surface area contributed by atoms with Crippen molar-refractivity contribution in [3.05, 3.63) is 22.7 Å². The molecule has 0 bridgehead atoms. The van der Waals surface area contributed by atoms with E-state index in [1.807, 2.05) is 23.9 Å². The third-order valence-corrected chi connectivity index (χ3v) is 2.26. The van der Waals surface area contributed by atoms with Gasteiger partial charge in [-0.15, -0.1) is 0 Å². The number of thiophene rings is 1. The van der Waals surface area contributed by atoms with E-state index in [2.05, 4.69) is 15.5 Å². The fraction of sp³-hybridized carbons (Fsp3) is 0.250. The molecule has 0 atom stereocenters. The summed E-state index contributed by atoms with van der Waals surface area (Å²) in [4.78, 5) is 4.21. The van der Waals surface area contributed by atoms with Crippen LogP contribution < -0.4 is 5.32 Å². The fourth-order valence-electron chi connectivity index (χ4n) is 0.987. The molecular weight excluding hydrogens is 186 g/mol. The molecule has 0 radical (unpaired) electrons. The molecule has 2 heterocycles. The summed E-state index contributed by atoms with van der Waals surface area (Å²) < 4.78 is 5.01. The predicted molar refractivity (Wildman–Crippen MR) is 50.4 cm³/mol. The van der Waals surface area contributed by atoms with Crippen molar-refractivity contribution >= 4 is 11.3 Å². The number of aromatic nitrogens is 2. The van der Waals surface area contributed by atoms with Crippen molar-refractivity contribution in [1.82, 2.24) is 15.5 Å². The number of nitrogens with one attached hydrogen (secondary N) is 1. The minimum atomic E-state index is 0.608. The van der Waals surface area contributed by atoms with Gasteiger partial charge in [0.05, 0.1) is 6.54 Å². The van der Waals surface area contributed by atoms with Gasteiger partial charge in [-0.1, -0.05) is 5.16 Å². The number of hydrogen-bond donors (Lipinski definition) is 1. The van der Waals surface area contributed by atoms with Gasteiger partial charge in [0.15, 0.2) is 0 Å². The summed E-state index contributed by atoms with van der Waals surface area (Å²) in [7, 11) is 1.84. The topological polar surface area (TPSA) is 51.0 Å². The minimum absolute atomic E-state index is 0.608. The van der Waals surface area contributed by atoms with Crippen LogP contribution in [-0.4, -0.2) is 17.2 Å². The molecule has 0 unspecified atom stereocenters. The average molecular weight is 195 g/mol. The Morgan fingerprint density at radius 1 is 1.62 bits per heavy atom. The first-order valence-electron chi connectivity index (χ1n) is 3.90. The summed E-state index contributed by atoms with van der Waals surface area (Å²) >= 11 is 1.62. The Morgan fingerprint density at radius 2 is 2.54 bits per heavy atom. The lowest BCUT2D eigenvalue weighted by atomic mass is 10.3. The average Bonchev–Trinajstić information content (AvgIpc) is 2.70. The van der Waals surface area contributed by atoms with Gasteiger partial charge >= 0.3 is 0 Å². The van der Waals surface area contributed by atoms with Crippen molar-refractivity contribution in [2.45, 2.75) is 6.54 Å². The van der Waals surface area contributed by atoms with Crippen LogP contribution >= 0.6 is 11.3 Å². The number of rotatable bonds is 3. The summed E-state index contributed by atoms with van der Waals surface area (Å²) in [5.74, 6) is 1.27. The van der Waals surface area contributed by atoms with E-state index in [4.69, 9.17) is 4.52 Å². The third kappa shape index (κ3) is 1.76.